The highest BCUT2D eigenvalue weighted by atomic mass is 16.4. The summed E-state index contributed by atoms with van der Waals surface area (Å²) >= 11 is 0. The smallest absolute Gasteiger partial charge is 0.335 e. The summed E-state index contributed by atoms with van der Waals surface area (Å²) in [5, 5.41) is 23.5. The van der Waals surface area contributed by atoms with Crippen LogP contribution in [-0.4, -0.2) is 30.2 Å². The summed E-state index contributed by atoms with van der Waals surface area (Å²) in [5.41, 5.74) is 2.62. The van der Waals surface area contributed by atoms with Crippen LogP contribution >= 0.6 is 0 Å². The molecule has 0 saturated carbocycles. The summed E-state index contributed by atoms with van der Waals surface area (Å²) in [6.07, 6.45) is 1.75. The fourth-order valence-corrected chi connectivity index (χ4v) is 2.81. The number of carboxylic acids is 1. The van der Waals surface area contributed by atoms with Gasteiger partial charge in [0, 0.05) is 31.4 Å². The lowest BCUT2D eigenvalue weighted by Gasteiger charge is -2.18. The average molecular weight is 346 g/mol. The second kappa shape index (κ2) is 7.11. The average Bonchev–Trinajstić information content (AvgIpc) is 2.65. The van der Waals surface area contributed by atoms with Crippen LogP contribution in [0.15, 0.2) is 48.7 Å². The van der Waals surface area contributed by atoms with E-state index in [1.54, 1.807) is 36.5 Å². The Labute approximate surface area is 151 Å². The lowest BCUT2D eigenvalue weighted by Crippen LogP contribution is -2.12. The van der Waals surface area contributed by atoms with E-state index in [-0.39, 0.29) is 5.56 Å². The van der Waals surface area contributed by atoms with Crippen LogP contribution in [0, 0.1) is 11.3 Å². The van der Waals surface area contributed by atoms with Gasteiger partial charge in [0.2, 0.25) is 0 Å². The zero-order chi connectivity index (χ0) is 18.7. The zero-order valence-electron chi connectivity index (χ0n) is 14.5. The largest absolute Gasteiger partial charge is 0.478 e. The summed E-state index contributed by atoms with van der Waals surface area (Å²) in [5.74, 6) is -0.198. The normalized spacial score (nSPS) is 10.3. The van der Waals surface area contributed by atoms with Gasteiger partial charge < -0.3 is 15.3 Å². The Morgan fingerprint density at radius 1 is 1.23 bits per heavy atom. The van der Waals surface area contributed by atoms with Crippen LogP contribution in [-0.2, 0) is 6.54 Å². The van der Waals surface area contributed by atoms with Crippen LogP contribution in [0.5, 0.6) is 0 Å². The number of nitriles is 1. The lowest BCUT2D eigenvalue weighted by atomic mass is 10.0. The second-order valence-electron chi connectivity index (χ2n) is 6.09. The van der Waals surface area contributed by atoms with Crippen LogP contribution < -0.4 is 10.2 Å². The third kappa shape index (κ3) is 3.28. The van der Waals surface area contributed by atoms with Crippen molar-refractivity contribution in [3.8, 4) is 6.07 Å². The highest BCUT2D eigenvalue weighted by molar-refractivity contribution is 6.03. The van der Waals surface area contributed by atoms with E-state index in [0.717, 1.165) is 27.8 Å². The maximum Gasteiger partial charge on any atom is 0.335 e. The van der Waals surface area contributed by atoms with Gasteiger partial charge in [0.05, 0.1) is 29.1 Å². The van der Waals surface area contributed by atoms with Crippen molar-refractivity contribution >= 4 is 28.2 Å². The highest BCUT2D eigenvalue weighted by Gasteiger charge is 2.13. The molecule has 3 aromatic rings. The number of benzene rings is 2. The predicted octanol–water partition coefficient (Wildman–Crippen LogP) is 3.48. The minimum Gasteiger partial charge on any atom is -0.478 e. The number of hydrogen-bond donors (Lipinski definition) is 2. The molecule has 0 unspecified atom stereocenters. The Hall–Kier alpha value is -3.59. The number of nitrogens with zero attached hydrogens (tertiary/aromatic N) is 3. The first-order valence-corrected chi connectivity index (χ1v) is 8.06. The molecule has 0 aliphatic carbocycles. The molecule has 0 aliphatic rings. The predicted molar refractivity (Wildman–Crippen MR) is 102 cm³/mol. The molecule has 0 radical (unpaired) electrons. The fraction of sp³-hybridized carbons (Fsp3) is 0.150. The Morgan fingerprint density at radius 2 is 1.96 bits per heavy atom. The Balaban J connectivity index is 1.95. The SMILES string of the molecule is CN(C)c1ncc(NCc2ccc(C(=O)O)cc2)c2cccc(C#N)c12. The molecule has 130 valence electrons. The van der Waals surface area contributed by atoms with Gasteiger partial charge in [-0.1, -0.05) is 24.3 Å². The van der Waals surface area contributed by atoms with Gasteiger partial charge in [-0.05, 0) is 23.8 Å². The third-order valence-corrected chi connectivity index (χ3v) is 4.12. The lowest BCUT2D eigenvalue weighted by molar-refractivity contribution is 0.0697. The number of aromatic carboxylic acids is 1. The van der Waals surface area contributed by atoms with E-state index in [1.165, 1.54) is 0 Å². The van der Waals surface area contributed by atoms with E-state index in [4.69, 9.17) is 5.11 Å². The fourth-order valence-electron chi connectivity index (χ4n) is 2.81. The van der Waals surface area contributed by atoms with Crippen LogP contribution in [0.25, 0.3) is 10.8 Å². The number of carbonyl (C=O) groups is 1. The molecule has 26 heavy (non-hydrogen) atoms. The van der Waals surface area contributed by atoms with E-state index in [0.29, 0.717) is 12.1 Å². The van der Waals surface area contributed by atoms with E-state index >= 15 is 0 Å². The van der Waals surface area contributed by atoms with Gasteiger partial charge in [0.25, 0.3) is 0 Å². The maximum atomic E-state index is 10.9. The van der Waals surface area contributed by atoms with Crippen LogP contribution in [0.3, 0.4) is 0 Å². The molecule has 2 N–H and O–H groups in total. The van der Waals surface area contributed by atoms with E-state index in [2.05, 4.69) is 16.4 Å². The van der Waals surface area contributed by atoms with Crippen molar-refractivity contribution in [2.24, 2.45) is 0 Å². The second-order valence-corrected chi connectivity index (χ2v) is 6.09. The molecular formula is C20H18N4O2. The van der Waals surface area contributed by atoms with Gasteiger partial charge in [0.15, 0.2) is 0 Å². The van der Waals surface area contributed by atoms with Crippen molar-refractivity contribution in [2.45, 2.75) is 6.54 Å². The summed E-state index contributed by atoms with van der Waals surface area (Å²) in [7, 11) is 3.79. The number of fused-ring (bicyclic) bond motifs is 1. The number of aromatic nitrogens is 1. The van der Waals surface area contributed by atoms with Gasteiger partial charge in [-0.2, -0.15) is 5.26 Å². The Kier molecular flexibility index (Phi) is 4.72. The number of hydrogen-bond acceptors (Lipinski definition) is 5. The minimum atomic E-state index is -0.942. The Morgan fingerprint density at radius 3 is 2.58 bits per heavy atom. The Bertz CT molecular complexity index is 1000. The number of carboxylic acid groups (broad SMARTS) is 1. The third-order valence-electron chi connectivity index (χ3n) is 4.12. The molecule has 0 fully saturated rings. The molecule has 3 rings (SSSR count). The van der Waals surface area contributed by atoms with Crippen molar-refractivity contribution in [1.29, 1.82) is 5.26 Å². The highest BCUT2D eigenvalue weighted by Crippen LogP contribution is 2.32. The summed E-state index contributed by atoms with van der Waals surface area (Å²) < 4.78 is 0. The summed E-state index contributed by atoms with van der Waals surface area (Å²) in [4.78, 5) is 17.3. The number of anilines is 2. The number of rotatable bonds is 5. The molecule has 0 spiro atoms. The van der Waals surface area contributed by atoms with Crippen molar-refractivity contribution in [3.05, 3.63) is 65.4 Å². The molecule has 2 aromatic carbocycles. The van der Waals surface area contributed by atoms with Crippen LogP contribution in [0.1, 0.15) is 21.5 Å². The summed E-state index contributed by atoms with van der Waals surface area (Å²) in [6.45, 7) is 0.523. The van der Waals surface area contributed by atoms with E-state index in [9.17, 15) is 10.1 Å². The summed E-state index contributed by atoms with van der Waals surface area (Å²) in [6, 6.07) is 14.6. The van der Waals surface area contributed by atoms with Gasteiger partial charge >= 0.3 is 5.97 Å². The van der Waals surface area contributed by atoms with Crippen molar-refractivity contribution in [1.82, 2.24) is 4.98 Å². The molecule has 0 saturated heterocycles. The van der Waals surface area contributed by atoms with Crippen LogP contribution in [0.4, 0.5) is 11.5 Å². The molecule has 0 bridgehead atoms. The van der Waals surface area contributed by atoms with Gasteiger partial charge in [-0.25, -0.2) is 9.78 Å². The molecule has 1 heterocycles. The van der Waals surface area contributed by atoms with Crippen molar-refractivity contribution < 1.29 is 9.90 Å². The van der Waals surface area contributed by atoms with Crippen LogP contribution in [0.2, 0.25) is 0 Å². The molecule has 6 heteroatoms. The standard InChI is InChI=1S/C20H18N4O2/c1-24(2)19-18-15(10-21)4-3-5-16(18)17(12-23-19)22-11-13-6-8-14(9-7-13)20(25)26/h3-9,12,22H,11H2,1-2H3,(H,25,26). The first-order chi connectivity index (χ1) is 12.5. The van der Waals surface area contributed by atoms with E-state index < -0.39 is 5.97 Å². The quantitative estimate of drug-likeness (QED) is 0.735. The maximum absolute atomic E-state index is 10.9. The van der Waals surface area contributed by atoms with Gasteiger partial charge in [0.1, 0.15) is 5.82 Å². The monoisotopic (exact) mass is 346 g/mol. The molecule has 0 atom stereocenters. The molecule has 0 aliphatic heterocycles. The molecule has 1 aromatic heterocycles. The number of nitrogens with one attached hydrogen (secondary N) is 1. The van der Waals surface area contributed by atoms with Crippen molar-refractivity contribution in [2.75, 3.05) is 24.3 Å². The number of pyridine rings is 1. The van der Waals surface area contributed by atoms with Gasteiger partial charge in [-0.3, -0.25) is 0 Å². The first-order valence-electron chi connectivity index (χ1n) is 8.06. The first kappa shape index (κ1) is 17.2. The molecular weight excluding hydrogens is 328 g/mol. The molecule has 6 nitrogen and oxygen atoms in total. The minimum absolute atomic E-state index is 0.259. The van der Waals surface area contributed by atoms with E-state index in [1.807, 2.05) is 31.1 Å². The van der Waals surface area contributed by atoms with Gasteiger partial charge in [-0.15, -0.1) is 0 Å². The van der Waals surface area contributed by atoms with Crippen molar-refractivity contribution in [3.63, 3.8) is 0 Å². The molecule has 0 amide bonds. The zero-order valence-corrected chi connectivity index (χ0v) is 14.5. The topological polar surface area (TPSA) is 89.2 Å².